The van der Waals surface area contributed by atoms with Crippen molar-refractivity contribution in [1.82, 2.24) is 24.8 Å². The SMILES string of the molecule is CCOC(=O)/C(=C\c1cnc2ccccc2n1)C1=Nn2c(C)nnc2SC1. The van der Waals surface area contributed by atoms with Crippen LogP contribution in [0.25, 0.3) is 17.1 Å². The molecule has 9 heteroatoms. The number of thioether (sulfide) groups is 1. The Morgan fingerprint density at radius 1 is 1.30 bits per heavy atom. The lowest BCUT2D eigenvalue weighted by Crippen LogP contribution is -2.22. The van der Waals surface area contributed by atoms with E-state index in [1.54, 1.807) is 23.9 Å². The lowest BCUT2D eigenvalue weighted by molar-refractivity contribution is -0.137. The lowest BCUT2D eigenvalue weighted by Gasteiger charge is -2.15. The summed E-state index contributed by atoms with van der Waals surface area (Å²) >= 11 is 1.47. The molecular weight excluding hydrogens is 364 g/mol. The smallest absolute Gasteiger partial charge is 0.340 e. The molecule has 3 aromatic rings. The van der Waals surface area contributed by atoms with Crippen molar-refractivity contribution < 1.29 is 9.53 Å². The first-order chi connectivity index (χ1) is 13.2. The Bertz CT molecular complexity index is 1090. The molecule has 0 spiro atoms. The molecule has 136 valence electrons. The maximum Gasteiger partial charge on any atom is 0.340 e. The van der Waals surface area contributed by atoms with Crippen LogP contribution in [0.3, 0.4) is 0 Å². The molecule has 1 aliphatic rings. The highest BCUT2D eigenvalue weighted by Gasteiger charge is 2.24. The average molecular weight is 380 g/mol. The van der Waals surface area contributed by atoms with Crippen molar-refractivity contribution in [3.05, 3.63) is 47.6 Å². The van der Waals surface area contributed by atoms with Crippen molar-refractivity contribution in [3.8, 4) is 0 Å². The van der Waals surface area contributed by atoms with Gasteiger partial charge in [0.05, 0.1) is 40.8 Å². The third-order valence-corrected chi connectivity index (χ3v) is 4.82. The van der Waals surface area contributed by atoms with Crippen LogP contribution in [-0.4, -0.2) is 48.9 Å². The number of hydrogen-bond acceptors (Lipinski definition) is 8. The number of para-hydroxylation sites is 2. The molecule has 0 bridgehead atoms. The van der Waals surface area contributed by atoms with Crippen LogP contribution in [0.15, 0.2) is 46.3 Å². The maximum absolute atomic E-state index is 12.6. The summed E-state index contributed by atoms with van der Waals surface area (Å²) in [5.74, 6) is 0.702. The molecule has 0 N–H and O–H groups in total. The van der Waals surface area contributed by atoms with Gasteiger partial charge in [0.25, 0.3) is 0 Å². The van der Waals surface area contributed by atoms with E-state index in [-0.39, 0.29) is 6.61 Å². The van der Waals surface area contributed by atoms with Gasteiger partial charge in [-0.05, 0) is 32.1 Å². The predicted octanol–water partition coefficient (Wildman–Crippen LogP) is 2.49. The quantitative estimate of drug-likeness (QED) is 0.507. The van der Waals surface area contributed by atoms with Crippen LogP contribution in [-0.2, 0) is 9.53 Å². The zero-order chi connectivity index (χ0) is 18.8. The Balaban J connectivity index is 1.79. The van der Waals surface area contributed by atoms with E-state index in [1.807, 2.05) is 31.2 Å². The van der Waals surface area contributed by atoms with Crippen LogP contribution >= 0.6 is 11.8 Å². The second-order valence-corrected chi connectivity index (χ2v) is 6.68. The number of nitrogens with zero attached hydrogens (tertiary/aromatic N) is 6. The van der Waals surface area contributed by atoms with Crippen LogP contribution in [0.2, 0.25) is 0 Å². The molecule has 0 fully saturated rings. The number of aromatic nitrogens is 5. The van der Waals surface area contributed by atoms with E-state index in [2.05, 4.69) is 25.3 Å². The highest BCUT2D eigenvalue weighted by molar-refractivity contribution is 7.99. The normalized spacial score (nSPS) is 14.0. The molecule has 0 unspecified atom stereocenters. The van der Waals surface area contributed by atoms with E-state index in [1.165, 1.54) is 11.8 Å². The summed E-state index contributed by atoms with van der Waals surface area (Å²) in [6.07, 6.45) is 3.30. The van der Waals surface area contributed by atoms with Gasteiger partial charge >= 0.3 is 5.97 Å². The van der Waals surface area contributed by atoms with Crippen LogP contribution in [0.1, 0.15) is 18.4 Å². The molecule has 0 atom stereocenters. The minimum absolute atomic E-state index is 0.275. The zero-order valence-corrected chi connectivity index (χ0v) is 15.6. The zero-order valence-electron chi connectivity index (χ0n) is 14.8. The van der Waals surface area contributed by atoms with Gasteiger partial charge in [0.15, 0.2) is 5.82 Å². The van der Waals surface area contributed by atoms with Crippen molar-refractivity contribution in [2.45, 2.75) is 19.0 Å². The molecule has 2 aromatic heterocycles. The topological polar surface area (TPSA) is 95.2 Å². The third-order valence-electron chi connectivity index (χ3n) is 3.89. The van der Waals surface area contributed by atoms with E-state index in [0.29, 0.717) is 33.7 Å². The molecule has 3 heterocycles. The number of aryl methyl sites for hydroxylation is 1. The van der Waals surface area contributed by atoms with Gasteiger partial charge < -0.3 is 4.74 Å². The van der Waals surface area contributed by atoms with Gasteiger partial charge in [0.2, 0.25) is 5.16 Å². The van der Waals surface area contributed by atoms with E-state index >= 15 is 0 Å². The summed E-state index contributed by atoms with van der Waals surface area (Å²) in [5.41, 5.74) is 3.06. The van der Waals surface area contributed by atoms with Gasteiger partial charge in [-0.3, -0.25) is 4.98 Å². The number of ether oxygens (including phenoxy) is 1. The second kappa shape index (κ2) is 7.28. The molecule has 8 nitrogen and oxygen atoms in total. The monoisotopic (exact) mass is 380 g/mol. The van der Waals surface area contributed by atoms with E-state index < -0.39 is 5.97 Å². The largest absolute Gasteiger partial charge is 0.462 e. The standard InChI is InChI=1S/C18H16N6O2S/c1-3-26-17(25)13(16-10-27-18-22-21-11(2)24(18)23-16)8-12-9-19-14-6-4-5-7-15(14)20-12/h4-9H,3,10H2,1-2H3/b13-8-. The van der Waals surface area contributed by atoms with Gasteiger partial charge in [0.1, 0.15) is 0 Å². The number of benzene rings is 1. The Labute approximate surface area is 159 Å². The van der Waals surface area contributed by atoms with Gasteiger partial charge in [-0.15, -0.1) is 10.2 Å². The summed E-state index contributed by atoms with van der Waals surface area (Å²) in [7, 11) is 0. The van der Waals surface area contributed by atoms with Gasteiger partial charge in [-0.25, -0.2) is 9.78 Å². The third kappa shape index (κ3) is 3.45. The first-order valence-corrected chi connectivity index (χ1v) is 9.38. The minimum atomic E-state index is -0.444. The molecule has 1 aromatic carbocycles. The van der Waals surface area contributed by atoms with Crippen molar-refractivity contribution in [2.75, 3.05) is 12.4 Å². The summed E-state index contributed by atoms with van der Waals surface area (Å²) < 4.78 is 6.86. The van der Waals surface area contributed by atoms with Gasteiger partial charge in [0, 0.05) is 5.75 Å². The number of rotatable bonds is 4. The molecule has 0 aliphatic carbocycles. The predicted molar refractivity (Wildman–Crippen MR) is 102 cm³/mol. The van der Waals surface area contributed by atoms with Gasteiger partial charge in [-0.1, -0.05) is 23.9 Å². The second-order valence-electron chi connectivity index (χ2n) is 5.74. The number of carbonyl (C=O) groups excluding carboxylic acids is 1. The first kappa shape index (κ1) is 17.3. The maximum atomic E-state index is 12.6. The number of esters is 1. The number of hydrogen-bond donors (Lipinski definition) is 0. The molecule has 0 radical (unpaired) electrons. The van der Waals surface area contributed by atoms with Crippen molar-refractivity contribution in [3.63, 3.8) is 0 Å². The summed E-state index contributed by atoms with van der Waals surface area (Å²) in [4.78, 5) is 21.5. The fourth-order valence-corrected chi connectivity index (χ4v) is 3.49. The van der Waals surface area contributed by atoms with E-state index in [4.69, 9.17) is 4.74 Å². The fraction of sp³-hybridized carbons (Fsp3) is 0.222. The summed E-state index contributed by atoms with van der Waals surface area (Å²) in [6, 6.07) is 7.57. The van der Waals surface area contributed by atoms with Crippen LogP contribution in [0.4, 0.5) is 0 Å². The molecular formula is C18H16N6O2S. The highest BCUT2D eigenvalue weighted by atomic mass is 32.2. The van der Waals surface area contributed by atoms with Gasteiger partial charge in [-0.2, -0.15) is 9.78 Å². The molecule has 27 heavy (non-hydrogen) atoms. The Morgan fingerprint density at radius 3 is 2.93 bits per heavy atom. The molecule has 0 saturated heterocycles. The highest BCUT2D eigenvalue weighted by Crippen LogP contribution is 2.25. The number of fused-ring (bicyclic) bond motifs is 2. The fourth-order valence-electron chi connectivity index (χ4n) is 2.62. The van der Waals surface area contributed by atoms with Crippen molar-refractivity contribution in [1.29, 1.82) is 0 Å². The Kier molecular flexibility index (Phi) is 4.68. The molecule has 1 aliphatic heterocycles. The summed E-state index contributed by atoms with van der Waals surface area (Å²) in [6.45, 7) is 3.85. The summed E-state index contributed by atoms with van der Waals surface area (Å²) in [5, 5.41) is 13.3. The Hall–Kier alpha value is -3.07. The van der Waals surface area contributed by atoms with Crippen LogP contribution in [0, 0.1) is 6.92 Å². The van der Waals surface area contributed by atoms with E-state index in [9.17, 15) is 4.79 Å². The first-order valence-electron chi connectivity index (χ1n) is 8.39. The lowest BCUT2D eigenvalue weighted by atomic mass is 10.1. The number of carbonyl (C=O) groups is 1. The molecule has 4 rings (SSSR count). The molecule has 0 saturated carbocycles. The van der Waals surface area contributed by atoms with Crippen molar-refractivity contribution in [2.24, 2.45) is 5.10 Å². The van der Waals surface area contributed by atoms with Crippen molar-refractivity contribution >= 4 is 40.6 Å². The Morgan fingerprint density at radius 2 is 2.11 bits per heavy atom. The average Bonchev–Trinajstić information content (AvgIpc) is 3.06. The molecule has 0 amide bonds. The van der Waals surface area contributed by atoms with Crippen LogP contribution < -0.4 is 0 Å². The minimum Gasteiger partial charge on any atom is -0.462 e. The van der Waals surface area contributed by atoms with E-state index in [0.717, 1.165) is 11.0 Å². The van der Waals surface area contributed by atoms with Crippen LogP contribution in [0.5, 0.6) is 0 Å².